The molecule has 3 nitrogen and oxygen atoms in total. The Morgan fingerprint density at radius 2 is 2.45 bits per heavy atom. The maximum Gasteiger partial charge on any atom is 0.218 e. The summed E-state index contributed by atoms with van der Waals surface area (Å²) in [5, 5.41) is 0. The Morgan fingerprint density at radius 3 is 3.00 bits per heavy atom. The molecule has 1 atom stereocenters. The summed E-state index contributed by atoms with van der Waals surface area (Å²) < 4.78 is 0. The number of primary amides is 1. The van der Waals surface area contributed by atoms with Crippen molar-refractivity contribution in [2.45, 2.75) is 32.2 Å². The number of nitrogens with zero attached hydrogens (tertiary/aromatic N) is 1. The van der Waals surface area contributed by atoms with Gasteiger partial charge in [-0.25, -0.2) is 0 Å². The second kappa shape index (κ2) is 3.72. The quantitative estimate of drug-likeness (QED) is 0.640. The molecule has 1 aliphatic rings. The molecule has 0 spiro atoms. The van der Waals surface area contributed by atoms with Crippen LogP contribution in [0.5, 0.6) is 0 Å². The SMILES string of the molecule is CCN1CCC[C@H]1CC(N)=O. The number of hydrogen-bond donors (Lipinski definition) is 1. The van der Waals surface area contributed by atoms with Crippen molar-refractivity contribution >= 4 is 5.91 Å². The number of hydrogen-bond acceptors (Lipinski definition) is 2. The fourth-order valence-corrected chi connectivity index (χ4v) is 1.77. The smallest absolute Gasteiger partial charge is 0.218 e. The van der Waals surface area contributed by atoms with E-state index in [0.29, 0.717) is 12.5 Å². The highest BCUT2D eigenvalue weighted by atomic mass is 16.1. The van der Waals surface area contributed by atoms with E-state index in [1.165, 1.54) is 6.42 Å². The summed E-state index contributed by atoms with van der Waals surface area (Å²) in [6, 6.07) is 0.428. The van der Waals surface area contributed by atoms with Gasteiger partial charge in [-0.15, -0.1) is 0 Å². The van der Waals surface area contributed by atoms with Crippen molar-refractivity contribution in [3.63, 3.8) is 0 Å². The van der Waals surface area contributed by atoms with Crippen LogP contribution in [-0.4, -0.2) is 29.9 Å². The zero-order valence-electron chi connectivity index (χ0n) is 7.05. The number of likely N-dealkylation sites (tertiary alicyclic amines) is 1. The van der Waals surface area contributed by atoms with Gasteiger partial charge in [-0.1, -0.05) is 6.92 Å². The van der Waals surface area contributed by atoms with Gasteiger partial charge in [-0.05, 0) is 25.9 Å². The van der Waals surface area contributed by atoms with E-state index in [2.05, 4.69) is 11.8 Å². The summed E-state index contributed by atoms with van der Waals surface area (Å²) >= 11 is 0. The fourth-order valence-electron chi connectivity index (χ4n) is 1.77. The molecule has 0 aromatic heterocycles. The van der Waals surface area contributed by atoms with Crippen molar-refractivity contribution in [1.82, 2.24) is 4.90 Å². The van der Waals surface area contributed by atoms with Gasteiger partial charge >= 0.3 is 0 Å². The Morgan fingerprint density at radius 1 is 1.73 bits per heavy atom. The molecule has 0 bridgehead atoms. The van der Waals surface area contributed by atoms with Gasteiger partial charge in [0.25, 0.3) is 0 Å². The molecular weight excluding hydrogens is 140 g/mol. The largest absolute Gasteiger partial charge is 0.370 e. The minimum atomic E-state index is -0.171. The predicted molar refractivity (Wildman–Crippen MR) is 44.1 cm³/mol. The Kier molecular flexibility index (Phi) is 2.88. The van der Waals surface area contributed by atoms with E-state index in [4.69, 9.17) is 5.73 Å². The normalized spacial score (nSPS) is 25.7. The molecule has 11 heavy (non-hydrogen) atoms. The van der Waals surface area contributed by atoms with Crippen molar-refractivity contribution in [3.8, 4) is 0 Å². The van der Waals surface area contributed by atoms with Gasteiger partial charge in [0.1, 0.15) is 0 Å². The van der Waals surface area contributed by atoms with Crippen LogP contribution in [0.3, 0.4) is 0 Å². The minimum Gasteiger partial charge on any atom is -0.370 e. The van der Waals surface area contributed by atoms with E-state index in [1.54, 1.807) is 0 Å². The first-order valence-electron chi connectivity index (χ1n) is 4.26. The van der Waals surface area contributed by atoms with Crippen LogP contribution in [0, 0.1) is 0 Å². The number of carbonyl (C=O) groups is 1. The number of rotatable bonds is 3. The molecule has 0 saturated carbocycles. The van der Waals surface area contributed by atoms with Gasteiger partial charge in [0, 0.05) is 12.5 Å². The highest BCUT2D eigenvalue weighted by Gasteiger charge is 2.23. The zero-order valence-corrected chi connectivity index (χ0v) is 7.05. The Labute approximate surface area is 67.5 Å². The molecule has 0 aliphatic carbocycles. The van der Waals surface area contributed by atoms with Crippen LogP contribution >= 0.6 is 0 Å². The predicted octanol–water partition coefficient (Wildman–Crippen LogP) is 0.346. The van der Waals surface area contributed by atoms with Crippen LogP contribution in [0.1, 0.15) is 26.2 Å². The summed E-state index contributed by atoms with van der Waals surface area (Å²) in [5.41, 5.74) is 5.12. The van der Waals surface area contributed by atoms with Crippen molar-refractivity contribution in [1.29, 1.82) is 0 Å². The van der Waals surface area contributed by atoms with Crippen LogP contribution in [-0.2, 0) is 4.79 Å². The van der Waals surface area contributed by atoms with E-state index in [1.807, 2.05) is 0 Å². The summed E-state index contributed by atoms with van der Waals surface area (Å²) in [6.07, 6.45) is 2.89. The average Bonchev–Trinajstić information content (AvgIpc) is 2.34. The third-order valence-corrected chi connectivity index (χ3v) is 2.34. The van der Waals surface area contributed by atoms with Crippen molar-refractivity contribution in [3.05, 3.63) is 0 Å². The van der Waals surface area contributed by atoms with E-state index in [-0.39, 0.29) is 5.91 Å². The molecule has 1 rings (SSSR count). The molecule has 1 fully saturated rings. The monoisotopic (exact) mass is 156 g/mol. The lowest BCUT2D eigenvalue weighted by molar-refractivity contribution is -0.119. The molecule has 64 valence electrons. The van der Waals surface area contributed by atoms with E-state index in [0.717, 1.165) is 19.5 Å². The maximum absolute atomic E-state index is 10.6. The number of amides is 1. The number of carbonyl (C=O) groups excluding carboxylic acids is 1. The molecule has 0 aromatic rings. The highest BCUT2D eigenvalue weighted by Crippen LogP contribution is 2.18. The Balaban J connectivity index is 2.37. The van der Waals surface area contributed by atoms with Crippen molar-refractivity contribution in [2.24, 2.45) is 5.73 Å². The first-order chi connectivity index (χ1) is 5.24. The van der Waals surface area contributed by atoms with Crippen LogP contribution < -0.4 is 5.73 Å². The molecule has 0 radical (unpaired) electrons. The first kappa shape index (κ1) is 8.53. The molecule has 1 aliphatic heterocycles. The Bertz CT molecular complexity index is 147. The summed E-state index contributed by atoms with van der Waals surface area (Å²) in [7, 11) is 0. The van der Waals surface area contributed by atoms with Gasteiger partial charge in [0.15, 0.2) is 0 Å². The van der Waals surface area contributed by atoms with E-state index < -0.39 is 0 Å². The maximum atomic E-state index is 10.6. The molecule has 1 saturated heterocycles. The fraction of sp³-hybridized carbons (Fsp3) is 0.875. The summed E-state index contributed by atoms with van der Waals surface area (Å²) in [4.78, 5) is 12.9. The molecule has 0 unspecified atom stereocenters. The van der Waals surface area contributed by atoms with Gasteiger partial charge in [0.05, 0.1) is 0 Å². The van der Waals surface area contributed by atoms with E-state index >= 15 is 0 Å². The zero-order chi connectivity index (χ0) is 8.27. The van der Waals surface area contributed by atoms with Gasteiger partial charge in [-0.2, -0.15) is 0 Å². The van der Waals surface area contributed by atoms with Crippen molar-refractivity contribution in [2.75, 3.05) is 13.1 Å². The lowest BCUT2D eigenvalue weighted by atomic mass is 10.1. The van der Waals surface area contributed by atoms with Crippen LogP contribution in [0.4, 0.5) is 0 Å². The first-order valence-corrected chi connectivity index (χ1v) is 4.26. The van der Waals surface area contributed by atoms with Crippen molar-refractivity contribution < 1.29 is 4.79 Å². The topological polar surface area (TPSA) is 46.3 Å². The minimum absolute atomic E-state index is 0.171. The molecule has 3 heteroatoms. The molecule has 2 N–H and O–H groups in total. The van der Waals surface area contributed by atoms with Crippen LogP contribution in [0.2, 0.25) is 0 Å². The third-order valence-electron chi connectivity index (χ3n) is 2.34. The highest BCUT2D eigenvalue weighted by molar-refractivity contribution is 5.74. The van der Waals surface area contributed by atoms with Crippen LogP contribution in [0.15, 0.2) is 0 Å². The van der Waals surface area contributed by atoms with E-state index in [9.17, 15) is 4.79 Å². The molecule has 0 aromatic carbocycles. The van der Waals surface area contributed by atoms with Gasteiger partial charge in [-0.3, -0.25) is 4.79 Å². The third kappa shape index (κ3) is 2.19. The van der Waals surface area contributed by atoms with Gasteiger partial charge < -0.3 is 10.6 Å². The standard InChI is InChI=1S/C8H16N2O/c1-2-10-5-3-4-7(10)6-8(9)11/h7H,2-6H2,1H3,(H2,9,11)/t7-/m0/s1. The molecular formula is C8H16N2O. The summed E-state index contributed by atoms with van der Waals surface area (Å²) in [5.74, 6) is -0.171. The van der Waals surface area contributed by atoms with Gasteiger partial charge in [0.2, 0.25) is 5.91 Å². The molecule has 1 amide bonds. The second-order valence-electron chi connectivity index (χ2n) is 3.10. The second-order valence-corrected chi connectivity index (χ2v) is 3.10. The molecule has 1 heterocycles. The Hall–Kier alpha value is -0.570. The number of nitrogens with two attached hydrogens (primary N) is 1. The lowest BCUT2D eigenvalue weighted by Gasteiger charge is -2.20. The lowest BCUT2D eigenvalue weighted by Crippen LogP contribution is -2.32. The average molecular weight is 156 g/mol. The summed E-state index contributed by atoms with van der Waals surface area (Å²) in [6.45, 7) is 4.30. The van der Waals surface area contributed by atoms with Crippen LogP contribution in [0.25, 0.3) is 0 Å².